The normalized spacial score (nSPS) is 19.9. The highest BCUT2D eigenvalue weighted by Gasteiger charge is 2.19. The highest BCUT2D eigenvalue weighted by Crippen LogP contribution is 2.27. The summed E-state index contributed by atoms with van der Waals surface area (Å²) in [6.45, 7) is 9.98. The maximum atomic E-state index is 3.42. The van der Waals surface area contributed by atoms with E-state index < -0.39 is 0 Å². The Balaban J connectivity index is 2.16. The molecule has 2 rings (SSSR count). The summed E-state index contributed by atoms with van der Waals surface area (Å²) in [4.78, 5) is 2.65. The van der Waals surface area contributed by atoms with Crippen molar-refractivity contribution in [1.29, 1.82) is 0 Å². The van der Waals surface area contributed by atoms with Crippen molar-refractivity contribution in [3.63, 3.8) is 0 Å². The van der Waals surface area contributed by atoms with Crippen LogP contribution in [0.3, 0.4) is 0 Å². The Morgan fingerprint density at radius 1 is 1.20 bits per heavy atom. The number of anilines is 1. The Bertz CT molecular complexity index is 414. The van der Waals surface area contributed by atoms with Gasteiger partial charge in [-0.25, -0.2) is 0 Å². The van der Waals surface area contributed by atoms with E-state index in [0.717, 1.165) is 19.1 Å². The fraction of sp³-hybridized carbons (Fsp3) is 0.667. The first kappa shape index (κ1) is 15.4. The van der Waals surface area contributed by atoms with Crippen LogP contribution in [0.1, 0.15) is 57.1 Å². The second-order valence-corrected chi connectivity index (χ2v) is 6.00. The number of nitrogens with one attached hydrogen (secondary N) is 1. The quantitative estimate of drug-likeness (QED) is 0.863. The topological polar surface area (TPSA) is 15.3 Å². The van der Waals surface area contributed by atoms with Crippen LogP contribution in [-0.4, -0.2) is 19.1 Å². The van der Waals surface area contributed by atoms with Gasteiger partial charge in [-0.05, 0) is 56.0 Å². The van der Waals surface area contributed by atoms with Crippen molar-refractivity contribution >= 4 is 5.69 Å². The Kier molecular flexibility index (Phi) is 5.90. The fourth-order valence-corrected chi connectivity index (χ4v) is 3.26. The summed E-state index contributed by atoms with van der Waals surface area (Å²) in [5, 5.41) is 3.42. The molecule has 0 saturated carbocycles. The molecule has 1 N–H and O–H groups in total. The van der Waals surface area contributed by atoms with E-state index in [9.17, 15) is 0 Å². The monoisotopic (exact) mass is 274 g/mol. The molecular weight excluding hydrogens is 244 g/mol. The number of rotatable bonds is 5. The smallest absolute Gasteiger partial charge is 0.0371 e. The zero-order chi connectivity index (χ0) is 14.4. The molecule has 20 heavy (non-hydrogen) atoms. The van der Waals surface area contributed by atoms with Crippen molar-refractivity contribution in [1.82, 2.24) is 5.32 Å². The SMILES string of the molecule is CCNCc1ccc(N2CCCCCC2CC)cc1C. The average molecular weight is 274 g/mol. The van der Waals surface area contributed by atoms with Gasteiger partial charge in [-0.1, -0.05) is 32.8 Å². The first-order chi connectivity index (χ1) is 9.76. The molecule has 1 aliphatic heterocycles. The fourth-order valence-electron chi connectivity index (χ4n) is 3.26. The Hall–Kier alpha value is -1.02. The maximum Gasteiger partial charge on any atom is 0.0371 e. The summed E-state index contributed by atoms with van der Waals surface area (Å²) in [6.07, 6.45) is 6.75. The third-order valence-electron chi connectivity index (χ3n) is 4.57. The zero-order valence-corrected chi connectivity index (χ0v) is 13.4. The van der Waals surface area contributed by atoms with Crippen molar-refractivity contribution in [3.05, 3.63) is 29.3 Å². The lowest BCUT2D eigenvalue weighted by Crippen LogP contribution is -2.34. The number of hydrogen-bond donors (Lipinski definition) is 1. The van der Waals surface area contributed by atoms with E-state index in [1.54, 1.807) is 0 Å². The Morgan fingerprint density at radius 3 is 2.75 bits per heavy atom. The van der Waals surface area contributed by atoms with Crippen LogP contribution in [-0.2, 0) is 6.54 Å². The molecular formula is C18H30N2. The molecule has 112 valence electrons. The highest BCUT2D eigenvalue weighted by atomic mass is 15.2. The molecule has 1 heterocycles. The molecule has 0 aromatic heterocycles. The third-order valence-corrected chi connectivity index (χ3v) is 4.57. The Labute approximate surface area is 124 Å². The van der Waals surface area contributed by atoms with E-state index in [1.807, 2.05) is 0 Å². The Morgan fingerprint density at radius 2 is 2.05 bits per heavy atom. The first-order valence-electron chi connectivity index (χ1n) is 8.33. The molecule has 0 amide bonds. The van der Waals surface area contributed by atoms with Gasteiger partial charge >= 0.3 is 0 Å². The molecule has 2 nitrogen and oxygen atoms in total. The predicted octanol–water partition coefficient (Wildman–Crippen LogP) is 4.26. The summed E-state index contributed by atoms with van der Waals surface area (Å²) in [5.41, 5.74) is 4.28. The molecule has 1 unspecified atom stereocenters. The van der Waals surface area contributed by atoms with Crippen LogP contribution in [0.15, 0.2) is 18.2 Å². The lowest BCUT2D eigenvalue weighted by molar-refractivity contribution is 0.556. The van der Waals surface area contributed by atoms with Crippen molar-refractivity contribution in [2.45, 2.75) is 65.5 Å². The molecule has 1 aromatic rings. The molecule has 1 aromatic carbocycles. The molecule has 0 bridgehead atoms. The molecule has 0 radical (unpaired) electrons. The van der Waals surface area contributed by atoms with Crippen LogP contribution in [0.5, 0.6) is 0 Å². The molecule has 1 atom stereocenters. The van der Waals surface area contributed by atoms with Gasteiger partial charge in [-0.2, -0.15) is 0 Å². The maximum absolute atomic E-state index is 3.42. The van der Waals surface area contributed by atoms with E-state index in [-0.39, 0.29) is 0 Å². The summed E-state index contributed by atoms with van der Waals surface area (Å²) in [7, 11) is 0. The summed E-state index contributed by atoms with van der Waals surface area (Å²) < 4.78 is 0. The lowest BCUT2D eigenvalue weighted by Gasteiger charge is -2.32. The number of hydrogen-bond acceptors (Lipinski definition) is 2. The minimum atomic E-state index is 0.733. The van der Waals surface area contributed by atoms with Gasteiger partial charge in [0.15, 0.2) is 0 Å². The van der Waals surface area contributed by atoms with Crippen molar-refractivity contribution < 1.29 is 0 Å². The van der Waals surface area contributed by atoms with E-state index in [4.69, 9.17) is 0 Å². The van der Waals surface area contributed by atoms with Crippen LogP contribution in [0.4, 0.5) is 5.69 Å². The second-order valence-electron chi connectivity index (χ2n) is 6.00. The van der Waals surface area contributed by atoms with Gasteiger partial charge in [0.1, 0.15) is 0 Å². The van der Waals surface area contributed by atoms with Gasteiger partial charge in [0.2, 0.25) is 0 Å². The lowest BCUT2D eigenvalue weighted by atomic mass is 10.0. The minimum Gasteiger partial charge on any atom is -0.369 e. The van der Waals surface area contributed by atoms with Gasteiger partial charge in [0, 0.05) is 24.8 Å². The molecule has 0 aliphatic carbocycles. The minimum absolute atomic E-state index is 0.733. The van der Waals surface area contributed by atoms with Gasteiger partial charge in [0.05, 0.1) is 0 Å². The average Bonchev–Trinajstić information content (AvgIpc) is 2.71. The predicted molar refractivity (Wildman–Crippen MR) is 88.5 cm³/mol. The molecule has 1 fully saturated rings. The largest absolute Gasteiger partial charge is 0.369 e. The van der Waals surface area contributed by atoms with Gasteiger partial charge in [-0.3, -0.25) is 0 Å². The molecule has 1 aliphatic rings. The second kappa shape index (κ2) is 7.68. The third kappa shape index (κ3) is 3.76. The summed E-state index contributed by atoms with van der Waals surface area (Å²) in [5.74, 6) is 0. The number of aryl methyl sites for hydroxylation is 1. The van der Waals surface area contributed by atoms with E-state index in [1.165, 1.54) is 55.5 Å². The van der Waals surface area contributed by atoms with E-state index >= 15 is 0 Å². The van der Waals surface area contributed by atoms with Crippen LogP contribution in [0.2, 0.25) is 0 Å². The van der Waals surface area contributed by atoms with E-state index in [0.29, 0.717) is 0 Å². The standard InChI is InChI=1S/C18H30N2/c1-4-17-9-7-6-8-12-20(17)18-11-10-16(14-19-5-2)15(3)13-18/h10-11,13,17,19H,4-9,12,14H2,1-3H3. The van der Waals surface area contributed by atoms with Crippen molar-refractivity contribution in [2.75, 3.05) is 18.0 Å². The summed E-state index contributed by atoms with van der Waals surface area (Å²) in [6, 6.07) is 7.76. The van der Waals surface area contributed by atoms with Crippen LogP contribution < -0.4 is 10.2 Å². The van der Waals surface area contributed by atoms with Crippen molar-refractivity contribution in [2.24, 2.45) is 0 Å². The van der Waals surface area contributed by atoms with Crippen LogP contribution in [0.25, 0.3) is 0 Å². The number of nitrogens with zero attached hydrogens (tertiary/aromatic N) is 1. The van der Waals surface area contributed by atoms with Crippen molar-refractivity contribution in [3.8, 4) is 0 Å². The summed E-state index contributed by atoms with van der Waals surface area (Å²) >= 11 is 0. The highest BCUT2D eigenvalue weighted by molar-refractivity contribution is 5.51. The molecule has 0 spiro atoms. The first-order valence-corrected chi connectivity index (χ1v) is 8.33. The molecule has 2 heteroatoms. The van der Waals surface area contributed by atoms with Crippen LogP contribution >= 0.6 is 0 Å². The van der Waals surface area contributed by atoms with Gasteiger partial charge in [0.25, 0.3) is 0 Å². The van der Waals surface area contributed by atoms with E-state index in [2.05, 4.69) is 49.2 Å². The molecule has 1 saturated heterocycles. The zero-order valence-electron chi connectivity index (χ0n) is 13.4. The van der Waals surface area contributed by atoms with Gasteiger partial charge < -0.3 is 10.2 Å². The van der Waals surface area contributed by atoms with Crippen LogP contribution in [0, 0.1) is 6.92 Å². The van der Waals surface area contributed by atoms with Gasteiger partial charge in [-0.15, -0.1) is 0 Å². The number of benzene rings is 1.